The first-order chi connectivity index (χ1) is 14.8. The molecule has 0 unspecified atom stereocenters. The van der Waals surface area contributed by atoms with E-state index in [1.807, 2.05) is 6.92 Å². The van der Waals surface area contributed by atoms with E-state index in [-0.39, 0.29) is 30.1 Å². The van der Waals surface area contributed by atoms with Crippen molar-refractivity contribution in [2.75, 3.05) is 0 Å². The normalized spacial score (nSPS) is 27.2. The Morgan fingerprint density at radius 3 is 2.39 bits per heavy atom. The Kier molecular flexibility index (Phi) is 5.15. The topological polar surface area (TPSA) is 119 Å². The highest BCUT2D eigenvalue weighted by atomic mass is 32.2. The third kappa shape index (κ3) is 3.90. The number of hydrogen-bond acceptors (Lipinski definition) is 6. The number of nitrogens with one attached hydrogen (secondary N) is 1. The minimum atomic E-state index is -3.59. The lowest BCUT2D eigenvalue weighted by Crippen LogP contribution is -2.52. The Balaban J connectivity index is 1.27. The van der Waals surface area contributed by atoms with Crippen molar-refractivity contribution in [2.24, 2.45) is 5.73 Å². The van der Waals surface area contributed by atoms with Crippen molar-refractivity contribution < 1.29 is 17.7 Å². The summed E-state index contributed by atoms with van der Waals surface area (Å²) in [5.74, 6) is 0.935. The van der Waals surface area contributed by atoms with Gasteiger partial charge in [0.25, 0.3) is 5.91 Å². The zero-order valence-electron chi connectivity index (χ0n) is 17.5. The molecule has 8 nitrogen and oxygen atoms in total. The molecule has 4 atom stereocenters. The van der Waals surface area contributed by atoms with Gasteiger partial charge in [0.2, 0.25) is 10.0 Å². The number of fused-ring (bicyclic) bond motifs is 2. The maximum atomic E-state index is 13.3. The largest absolute Gasteiger partial charge is 0.360 e. The van der Waals surface area contributed by atoms with E-state index in [9.17, 15) is 13.2 Å². The number of nitrogens with two attached hydrogens (primary N) is 1. The van der Waals surface area contributed by atoms with Crippen molar-refractivity contribution in [2.45, 2.75) is 80.4 Å². The van der Waals surface area contributed by atoms with Gasteiger partial charge in [-0.25, -0.2) is 8.42 Å². The highest BCUT2D eigenvalue weighted by molar-refractivity contribution is 7.89. The van der Waals surface area contributed by atoms with E-state index in [2.05, 4.69) is 10.5 Å². The standard InChI is InChI=1S/C22H28N4O4S/c1-13(23)14-4-8-19(9-5-14)31(28,29)26-17-6-7-18(26)11-16(10-17)24-22(27)20-12-21(30-25-20)15-2-3-15/h4-5,8-9,12-13,15-18H,2-3,6-7,10-11,23H2,1H3,(H,24,27)/t13-,16-,17+,18-/m0/s1. The Hall–Kier alpha value is -2.23. The number of amides is 1. The third-order valence-corrected chi connectivity index (χ3v) is 8.74. The van der Waals surface area contributed by atoms with Crippen molar-refractivity contribution in [3.63, 3.8) is 0 Å². The van der Waals surface area contributed by atoms with E-state index in [0.29, 0.717) is 29.3 Å². The summed E-state index contributed by atoms with van der Waals surface area (Å²) >= 11 is 0. The maximum Gasteiger partial charge on any atom is 0.273 e. The third-order valence-electron chi connectivity index (χ3n) is 6.72. The van der Waals surface area contributed by atoms with Crippen LogP contribution in [-0.2, 0) is 10.0 Å². The van der Waals surface area contributed by atoms with Crippen LogP contribution in [0.5, 0.6) is 0 Å². The molecule has 3 heterocycles. The van der Waals surface area contributed by atoms with E-state index in [1.54, 1.807) is 34.6 Å². The van der Waals surface area contributed by atoms with Crippen LogP contribution in [0.1, 0.15) is 79.2 Å². The van der Waals surface area contributed by atoms with Crippen molar-refractivity contribution in [1.29, 1.82) is 0 Å². The van der Waals surface area contributed by atoms with Gasteiger partial charge >= 0.3 is 0 Å². The fourth-order valence-corrected chi connectivity index (χ4v) is 6.82. The van der Waals surface area contributed by atoms with E-state index >= 15 is 0 Å². The van der Waals surface area contributed by atoms with Crippen molar-refractivity contribution in [3.05, 3.63) is 47.3 Å². The number of rotatable bonds is 6. The van der Waals surface area contributed by atoms with Crippen molar-refractivity contribution in [3.8, 4) is 0 Å². The predicted octanol–water partition coefficient (Wildman–Crippen LogP) is 2.69. The van der Waals surface area contributed by atoms with Crippen LogP contribution in [0.3, 0.4) is 0 Å². The minimum absolute atomic E-state index is 0.0713. The summed E-state index contributed by atoms with van der Waals surface area (Å²) in [5, 5.41) is 6.95. The summed E-state index contributed by atoms with van der Waals surface area (Å²) in [6.07, 6.45) is 4.99. The molecule has 0 radical (unpaired) electrons. The highest BCUT2D eigenvalue weighted by Crippen LogP contribution is 2.41. The lowest BCUT2D eigenvalue weighted by atomic mass is 9.99. The number of sulfonamides is 1. The molecule has 2 aromatic rings. The molecule has 166 valence electrons. The molecule has 2 saturated heterocycles. The van der Waals surface area contributed by atoms with Crippen LogP contribution >= 0.6 is 0 Å². The smallest absolute Gasteiger partial charge is 0.273 e. The van der Waals surface area contributed by atoms with Gasteiger partial charge in [0.1, 0.15) is 5.76 Å². The molecule has 3 aliphatic rings. The van der Waals surface area contributed by atoms with Crippen LogP contribution in [0, 0.1) is 0 Å². The summed E-state index contributed by atoms with van der Waals surface area (Å²) < 4.78 is 33.6. The minimum Gasteiger partial charge on any atom is -0.360 e. The number of carbonyl (C=O) groups is 1. The van der Waals surface area contributed by atoms with E-state index in [4.69, 9.17) is 10.3 Å². The van der Waals surface area contributed by atoms with Gasteiger partial charge in [0.15, 0.2) is 5.69 Å². The summed E-state index contributed by atoms with van der Waals surface area (Å²) in [5.41, 5.74) is 7.09. The Morgan fingerprint density at radius 2 is 1.81 bits per heavy atom. The van der Waals surface area contributed by atoms with Gasteiger partial charge in [-0.1, -0.05) is 17.3 Å². The zero-order chi connectivity index (χ0) is 21.8. The SMILES string of the molecule is C[C@H](N)c1ccc(S(=O)(=O)N2[C@@H]3CC[C@H]2C[C@@H](NC(=O)c2cc(C4CC4)on2)C3)cc1. The maximum absolute atomic E-state index is 13.3. The van der Waals surface area contributed by atoms with Crippen LogP contribution in [-0.4, -0.2) is 41.9 Å². The number of benzene rings is 1. The Labute approximate surface area is 182 Å². The van der Waals surface area contributed by atoms with E-state index in [0.717, 1.165) is 37.0 Å². The monoisotopic (exact) mass is 444 g/mol. The van der Waals surface area contributed by atoms with Gasteiger partial charge in [-0.3, -0.25) is 4.79 Å². The molecule has 1 saturated carbocycles. The van der Waals surface area contributed by atoms with Crippen LogP contribution < -0.4 is 11.1 Å². The average molecular weight is 445 g/mol. The lowest BCUT2D eigenvalue weighted by Gasteiger charge is -2.38. The van der Waals surface area contributed by atoms with Gasteiger partial charge < -0.3 is 15.6 Å². The molecule has 3 N–H and O–H groups in total. The zero-order valence-corrected chi connectivity index (χ0v) is 18.3. The predicted molar refractivity (Wildman–Crippen MR) is 114 cm³/mol. The van der Waals surface area contributed by atoms with Crippen molar-refractivity contribution >= 4 is 15.9 Å². The second-order valence-corrected chi connectivity index (χ2v) is 11.0. The quantitative estimate of drug-likeness (QED) is 0.707. The summed E-state index contributed by atoms with van der Waals surface area (Å²) in [6, 6.07) is 8.14. The van der Waals surface area contributed by atoms with Gasteiger partial charge in [-0.2, -0.15) is 4.31 Å². The Bertz CT molecular complexity index is 1060. The second kappa shape index (κ2) is 7.72. The molecule has 2 bridgehead atoms. The molecule has 9 heteroatoms. The molecule has 1 amide bonds. The van der Waals surface area contributed by atoms with Crippen LogP contribution in [0.25, 0.3) is 0 Å². The molecule has 1 aromatic carbocycles. The fraction of sp³-hybridized carbons (Fsp3) is 0.545. The number of nitrogens with zero attached hydrogens (tertiary/aromatic N) is 2. The van der Waals surface area contributed by atoms with Crippen LogP contribution in [0.4, 0.5) is 0 Å². The molecule has 3 fully saturated rings. The first-order valence-corrected chi connectivity index (χ1v) is 12.4. The number of aromatic nitrogens is 1. The molecule has 0 spiro atoms. The number of piperidine rings is 1. The number of carbonyl (C=O) groups excluding carboxylic acids is 1. The summed E-state index contributed by atoms with van der Waals surface area (Å²) in [4.78, 5) is 12.9. The van der Waals surface area contributed by atoms with Crippen LogP contribution in [0.2, 0.25) is 0 Å². The van der Waals surface area contributed by atoms with E-state index < -0.39 is 10.0 Å². The number of hydrogen-bond donors (Lipinski definition) is 2. The molecule has 1 aromatic heterocycles. The fourth-order valence-electron chi connectivity index (χ4n) is 4.93. The van der Waals surface area contributed by atoms with Gasteiger partial charge in [-0.05, 0) is 63.1 Å². The average Bonchev–Trinajstić information content (AvgIpc) is 3.40. The molecule has 1 aliphatic carbocycles. The Morgan fingerprint density at radius 1 is 1.16 bits per heavy atom. The van der Waals surface area contributed by atoms with Crippen LogP contribution in [0.15, 0.2) is 39.8 Å². The summed E-state index contributed by atoms with van der Waals surface area (Å²) in [7, 11) is -3.59. The molecule has 31 heavy (non-hydrogen) atoms. The molecule has 2 aliphatic heterocycles. The first kappa shape index (κ1) is 20.7. The molecular formula is C22H28N4O4S. The van der Waals surface area contributed by atoms with Gasteiger partial charge in [-0.15, -0.1) is 0 Å². The first-order valence-electron chi connectivity index (χ1n) is 11.0. The molecule has 5 rings (SSSR count). The van der Waals surface area contributed by atoms with E-state index in [1.165, 1.54) is 0 Å². The summed E-state index contributed by atoms with van der Waals surface area (Å²) in [6.45, 7) is 1.87. The van der Waals surface area contributed by atoms with Gasteiger partial charge in [0, 0.05) is 36.2 Å². The second-order valence-electron chi connectivity index (χ2n) is 9.11. The highest BCUT2D eigenvalue weighted by Gasteiger charge is 2.47. The van der Waals surface area contributed by atoms with Gasteiger partial charge in [0.05, 0.1) is 4.90 Å². The molecular weight excluding hydrogens is 416 g/mol. The lowest BCUT2D eigenvalue weighted by molar-refractivity contribution is 0.0900. The van der Waals surface area contributed by atoms with Crippen molar-refractivity contribution in [1.82, 2.24) is 14.8 Å².